The van der Waals surface area contributed by atoms with Crippen LogP contribution in [0, 0.1) is 11.6 Å². The molecule has 7 heteroatoms. The molecule has 4 nitrogen and oxygen atoms in total. The van der Waals surface area contributed by atoms with Crippen LogP contribution < -0.4 is 5.32 Å². The van der Waals surface area contributed by atoms with Crippen molar-refractivity contribution in [3.63, 3.8) is 0 Å². The normalized spacial score (nSPS) is 16.1. The minimum Gasteiger partial charge on any atom is -0.381 e. The van der Waals surface area contributed by atoms with E-state index in [0.29, 0.717) is 26.3 Å². The Morgan fingerprint density at radius 3 is 2.41 bits per heavy atom. The number of ether oxygens (including phenoxy) is 1. The number of benzene rings is 2. The van der Waals surface area contributed by atoms with Gasteiger partial charge in [0.15, 0.2) is 5.96 Å². The lowest BCUT2D eigenvalue weighted by Crippen LogP contribution is -2.48. The molecule has 1 heterocycles. The summed E-state index contributed by atoms with van der Waals surface area (Å²) in [4.78, 5) is 6.34. The lowest BCUT2D eigenvalue weighted by molar-refractivity contribution is 0.0512. The molecular weight excluding hydrogens is 487 g/mol. The summed E-state index contributed by atoms with van der Waals surface area (Å²) in [5, 5.41) is 3.46. The molecule has 29 heavy (non-hydrogen) atoms. The number of halogens is 3. The van der Waals surface area contributed by atoms with Crippen molar-refractivity contribution in [1.82, 2.24) is 10.2 Å². The van der Waals surface area contributed by atoms with Crippen LogP contribution >= 0.6 is 24.0 Å². The zero-order valence-corrected chi connectivity index (χ0v) is 19.2. The van der Waals surface area contributed by atoms with Crippen LogP contribution in [0.3, 0.4) is 0 Å². The van der Waals surface area contributed by atoms with Gasteiger partial charge in [-0.3, -0.25) is 4.99 Å². The SMILES string of the molecule is CN=C(NCC1(c2ccc(F)cc2)CCOCC1)N(C)Cc1cccc(F)c1.I. The summed E-state index contributed by atoms with van der Waals surface area (Å²) < 4.78 is 32.4. The molecule has 1 aliphatic heterocycles. The Morgan fingerprint density at radius 1 is 1.10 bits per heavy atom. The molecule has 3 rings (SSSR count). The third kappa shape index (κ3) is 6.12. The van der Waals surface area contributed by atoms with E-state index in [4.69, 9.17) is 4.74 Å². The smallest absolute Gasteiger partial charge is 0.193 e. The van der Waals surface area contributed by atoms with Crippen LogP contribution in [-0.4, -0.2) is 44.7 Å². The Balaban J connectivity index is 0.00000300. The summed E-state index contributed by atoms with van der Waals surface area (Å²) in [6.45, 7) is 2.57. The van der Waals surface area contributed by atoms with Crippen molar-refractivity contribution in [2.75, 3.05) is 33.9 Å². The largest absolute Gasteiger partial charge is 0.381 e. The zero-order chi connectivity index (χ0) is 20.0. The van der Waals surface area contributed by atoms with E-state index < -0.39 is 0 Å². The van der Waals surface area contributed by atoms with Crippen molar-refractivity contribution in [2.24, 2.45) is 4.99 Å². The van der Waals surface area contributed by atoms with Crippen molar-refractivity contribution in [2.45, 2.75) is 24.8 Å². The Morgan fingerprint density at radius 2 is 1.79 bits per heavy atom. The second-order valence-electron chi connectivity index (χ2n) is 7.29. The lowest BCUT2D eigenvalue weighted by Gasteiger charge is -2.39. The monoisotopic (exact) mass is 515 g/mol. The minimum atomic E-state index is -0.244. The van der Waals surface area contributed by atoms with Crippen LogP contribution in [0.4, 0.5) is 8.78 Å². The molecule has 2 aromatic carbocycles. The molecule has 1 saturated heterocycles. The maximum atomic E-state index is 13.5. The van der Waals surface area contributed by atoms with Gasteiger partial charge in [0, 0.05) is 45.8 Å². The summed E-state index contributed by atoms with van der Waals surface area (Å²) in [7, 11) is 3.66. The van der Waals surface area contributed by atoms with Crippen molar-refractivity contribution in [1.29, 1.82) is 0 Å². The van der Waals surface area contributed by atoms with Gasteiger partial charge in [0.25, 0.3) is 0 Å². The second-order valence-corrected chi connectivity index (χ2v) is 7.29. The topological polar surface area (TPSA) is 36.9 Å². The van der Waals surface area contributed by atoms with Gasteiger partial charge in [0.05, 0.1) is 0 Å². The highest BCUT2D eigenvalue weighted by Crippen LogP contribution is 2.34. The third-order valence-corrected chi connectivity index (χ3v) is 5.37. The van der Waals surface area contributed by atoms with Crippen LogP contribution in [-0.2, 0) is 16.7 Å². The zero-order valence-electron chi connectivity index (χ0n) is 16.8. The first-order chi connectivity index (χ1) is 13.5. The molecule has 0 unspecified atom stereocenters. The second kappa shape index (κ2) is 10.9. The van der Waals surface area contributed by atoms with E-state index in [0.717, 1.165) is 29.9 Å². The van der Waals surface area contributed by atoms with E-state index in [1.807, 2.05) is 30.1 Å². The lowest BCUT2D eigenvalue weighted by atomic mass is 9.74. The molecule has 0 amide bonds. The fraction of sp³-hybridized carbons (Fsp3) is 0.409. The van der Waals surface area contributed by atoms with Crippen LogP contribution in [0.1, 0.15) is 24.0 Å². The molecule has 0 aromatic heterocycles. The molecule has 1 aliphatic rings. The fourth-order valence-corrected chi connectivity index (χ4v) is 3.75. The van der Waals surface area contributed by atoms with Crippen LogP contribution in [0.5, 0.6) is 0 Å². The van der Waals surface area contributed by atoms with Gasteiger partial charge in [-0.15, -0.1) is 24.0 Å². The molecule has 0 bridgehead atoms. The average molecular weight is 515 g/mol. The molecule has 1 N–H and O–H groups in total. The van der Waals surface area contributed by atoms with Gasteiger partial charge >= 0.3 is 0 Å². The van der Waals surface area contributed by atoms with Crippen molar-refractivity contribution >= 4 is 29.9 Å². The van der Waals surface area contributed by atoms with Crippen LogP contribution in [0.2, 0.25) is 0 Å². The molecule has 0 radical (unpaired) electrons. The highest BCUT2D eigenvalue weighted by Gasteiger charge is 2.34. The van der Waals surface area contributed by atoms with E-state index in [-0.39, 0.29) is 41.0 Å². The van der Waals surface area contributed by atoms with Crippen LogP contribution in [0.25, 0.3) is 0 Å². The molecule has 0 spiro atoms. The summed E-state index contributed by atoms with van der Waals surface area (Å²) in [6.07, 6.45) is 1.71. The predicted octanol–water partition coefficient (Wildman–Crippen LogP) is 4.34. The molecule has 2 aromatic rings. The summed E-state index contributed by atoms with van der Waals surface area (Å²) >= 11 is 0. The van der Waals surface area contributed by atoms with Crippen molar-refractivity contribution in [3.05, 3.63) is 71.3 Å². The van der Waals surface area contributed by atoms with E-state index in [2.05, 4.69) is 10.3 Å². The number of hydrogen-bond acceptors (Lipinski definition) is 2. The number of rotatable bonds is 5. The van der Waals surface area contributed by atoms with Crippen LogP contribution in [0.15, 0.2) is 53.5 Å². The standard InChI is InChI=1S/C22H27F2N3O.HI/c1-25-21(27(2)15-17-4-3-5-20(24)14-17)26-16-22(10-12-28-13-11-22)18-6-8-19(23)9-7-18;/h3-9,14H,10-13,15-16H2,1-2H3,(H,25,26);1H. The fourth-order valence-electron chi connectivity index (χ4n) is 3.75. The Labute approximate surface area is 188 Å². The first-order valence-corrected chi connectivity index (χ1v) is 9.52. The summed E-state index contributed by atoms with van der Waals surface area (Å²) in [6, 6.07) is 13.3. The predicted molar refractivity (Wildman–Crippen MR) is 123 cm³/mol. The number of guanidine groups is 1. The summed E-state index contributed by atoms with van der Waals surface area (Å²) in [5.41, 5.74) is 1.85. The number of nitrogens with zero attached hydrogens (tertiary/aromatic N) is 2. The number of aliphatic imine (C=N–C) groups is 1. The highest BCUT2D eigenvalue weighted by molar-refractivity contribution is 14.0. The molecule has 0 atom stereocenters. The Kier molecular flexibility index (Phi) is 8.82. The highest BCUT2D eigenvalue weighted by atomic mass is 127. The minimum absolute atomic E-state index is 0. The quantitative estimate of drug-likeness (QED) is 0.366. The van der Waals surface area contributed by atoms with E-state index in [9.17, 15) is 8.78 Å². The van der Waals surface area contributed by atoms with Gasteiger partial charge in [0.1, 0.15) is 11.6 Å². The maximum Gasteiger partial charge on any atom is 0.193 e. The van der Waals surface area contributed by atoms with Crippen molar-refractivity contribution in [3.8, 4) is 0 Å². The molecule has 0 saturated carbocycles. The van der Waals surface area contributed by atoms with Gasteiger partial charge in [-0.05, 0) is 48.2 Å². The Hall–Kier alpha value is -1.74. The first kappa shape index (κ1) is 23.5. The van der Waals surface area contributed by atoms with Gasteiger partial charge in [-0.1, -0.05) is 24.3 Å². The molecule has 0 aliphatic carbocycles. The molecule has 158 valence electrons. The Bertz CT molecular complexity index is 808. The maximum absolute atomic E-state index is 13.5. The average Bonchev–Trinajstić information content (AvgIpc) is 2.69. The van der Waals surface area contributed by atoms with E-state index >= 15 is 0 Å². The van der Waals surface area contributed by atoms with Gasteiger partial charge < -0.3 is 15.0 Å². The van der Waals surface area contributed by atoms with Gasteiger partial charge in [0.2, 0.25) is 0 Å². The third-order valence-electron chi connectivity index (χ3n) is 5.37. The van der Waals surface area contributed by atoms with Gasteiger partial charge in [-0.25, -0.2) is 8.78 Å². The van der Waals surface area contributed by atoms with Crippen molar-refractivity contribution < 1.29 is 13.5 Å². The van der Waals surface area contributed by atoms with E-state index in [1.165, 1.54) is 24.3 Å². The number of nitrogens with one attached hydrogen (secondary N) is 1. The van der Waals surface area contributed by atoms with Gasteiger partial charge in [-0.2, -0.15) is 0 Å². The molecular formula is C22H28F2IN3O. The number of hydrogen-bond donors (Lipinski definition) is 1. The summed E-state index contributed by atoms with van der Waals surface area (Å²) in [5.74, 6) is 0.258. The van der Waals surface area contributed by atoms with E-state index in [1.54, 1.807) is 13.1 Å². The molecule has 1 fully saturated rings. The first-order valence-electron chi connectivity index (χ1n) is 9.52.